The summed E-state index contributed by atoms with van der Waals surface area (Å²) in [5.41, 5.74) is 1.17. The molecule has 0 N–H and O–H groups in total. The van der Waals surface area contributed by atoms with E-state index in [0.29, 0.717) is 10.6 Å². The Bertz CT molecular complexity index is 959. The molecule has 0 bridgehead atoms. The van der Waals surface area contributed by atoms with Crippen LogP contribution < -0.4 is 4.74 Å². The molecule has 2 aromatic carbocycles. The molecule has 1 aliphatic rings. The topological polar surface area (TPSA) is 63.7 Å². The lowest BCUT2D eigenvalue weighted by molar-refractivity contribution is -0.122. The first-order valence-corrected chi connectivity index (χ1v) is 10.0. The minimum atomic E-state index is -0.474. The summed E-state index contributed by atoms with van der Waals surface area (Å²) in [7, 11) is 1.58. The van der Waals surface area contributed by atoms with Crippen molar-refractivity contribution in [3.63, 3.8) is 0 Å². The summed E-state index contributed by atoms with van der Waals surface area (Å²) in [6.07, 6.45) is 1.64. The number of thioether (sulfide) groups is 1. The second-order valence-corrected chi connectivity index (χ2v) is 8.18. The number of halogens is 2. The van der Waals surface area contributed by atoms with E-state index >= 15 is 0 Å². The second-order valence-electron chi connectivity index (χ2n) is 5.59. The van der Waals surface area contributed by atoms with Crippen LogP contribution in [0.15, 0.2) is 47.4 Å². The number of carbonyl (C=O) groups excluding carboxylic acids is 3. The second kappa shape index (κ2) is 8.45. The summed E-state index contributed by atoms with van der Waals surface area (Å²) in [5, 5.41) is 0.0477. The van der Waals surface area contributed by atoms with Crippen molar-refractivity contribution in [3.05, 3.63) is 67.1 Å². The summed E-state index contributed by atoms with van der Waals surface area (Å²) in [4.78, 5) is 38.4. The maximum absolute atomic E-state index is 12.6. The van der Waals surface area contributed by atoms with Gasteiger partial charge in [-0.15, -0.1) is 0 Å². The summed E-state index contributed by atoms with van der Waals surface area (Å²) < 4.78 is 6.10. The number of carbonyl (C=O) groups is 3. The molecule has 1 aliphatic heterocycles. The third-order valence-electron chi connectivity index (χ3n) is 3.82. The molecule has 1 saturated heterocycles. The first-order chi connectivity index (χ1) is 12.9. The van der Waals surface area contributed by atoms with Gasteiger partial charge in [-0.2, -0.15) is 0 Å². The number of nitrogens with zero attached hydrogens (tertiary/aromatic N) is 1. The largest absolute Gasteiger partial charge is 0.496 e. The first-order valence-electron chi connectivity index (χ1n) is 7.76. The average Bonchev–Trinajstić information content (AvgIpc) is 2.90. The van der Waals surface area contributed by atoms with Gasteiger partial charge < -0.3 is 4.74 Å². The number of hydrogen-bond donors (Lipinski definition) is 0. The maximum Gasteiger partial charge on any atom is 0.293 e. The molecule has 0 spiro atoms. The van der Waals surface area contributed by atoms with Gasteiger partial charge in [-0.25, -0.2) is 0 Å². The van der Waals surface area contributed by atoms with Gasteiger partial charge in [0.1, 0.15) is 5.75 Å². The van der Waals surface area contributed by atoms with E-state index in [0.717, 1.165) is 31.5 Å². The van der Waals surface area contributed by atoms with Crippen LogP contribution in [0.25, 0.3) is 6.08 Å². The van der Waals surface area contributed by atoms with Crippen LogP contribution in [0.1, 0.15) is 15.9 Å². The van der Waals surface area contributed by atoms with Crippen LogP contribution in [0.3, 0.4) is 0 Å². The Morgan fingerprint density at radius 2 is 1.93 bits per heavy atom. The van der Waals surface area contributed by atoms with Crippen molar-refractivity contribution < 1.29 is 19.1 Å². The molecule has 5 nitrogen and oxygen atoms in total. The number of hydrogen-bond acceptors (Lipinski definition) is 5. The summed E-state index contributed by atoms with van der Waals surface area (Å²) in [6.45, 7) is -0.302. The number of imide groups is 1. The molecule has 0 aliphatic carbocycles. The highest BCUT2D eigenvalue weighted by Crippen LogP contribution is 2.33. The molecule has 3 rings (SSSR count). The van der Waals surface area contributed by atoms with Crippen molar-refractivity contribution in [2.24, 2.45) is 0 Å². The zero-order valence-corrected chi connectivity index (χ0v) is 17.8. The zero-order chi connectivity index (χ0) is 19.6. The number of benzene rings is 2. The third kappa shape index (κ3) is 4.53. The number of Topliss-reactive ketones (excluding diaryl/α,β-unsaturated/α-hetero) is 1. The number of ketones is 1. The first kappa shape index (κ1) is 19.9. The van der Waals surface area contributed by atoms with Gasteiger partial charge in [0.05, 0.1) is 22.1 Å². The predicted molar refractivity (Wildman–Crippen MR) is 114 cm³/mol. The van der Waals surface area contributed by atoms with Gasteiger partial charge in [0, 0.05) is 10.6 Å². The van der Waals surface area contributed by atoms with Gasteiger partial charge in [-0.3, -0.25) is 19.3 Å². The molecule has 0 saturated carbocycles. The molecule has 8 heteroatoms. The molecule has 1 fully saturated rings. The van der Waals surface area contributed by atoms with E-state index < -0.39 is 11.1 Å². The molecule has 138 valence electrons. The predicted octanol–water partition coefficient (Wildman–Crippen LogP) is 4.87. The fourth-order valence-electron chi connectivity index (χ4n) is 2.43. The summed E-state index contributed by atoms with van der Waals surface area (Å²) >= 11 is 8.77. The summed E-state index contributed by atoms with van der Waals surface area (Å²) in [5.74, 6) is -0.0678. The van der Waals surface area contributed by atoms with Crippen LogP contribution in [-0.4, -0.2) is 35.5 Å². The van der Waals surface area contributed by atoms with E-state index in [1.54, 1.807) is 49.6 Å². The zero-order valence-electron chi connectivity index (χ0n) is 14.1. The Hall–Kier alpha value is -1.84. The number of rotatable bonds is 5. The molecule has 0 unspecified atom stereocenters. The molecule has 0 radical (unpaired) electrons. The van der Waals surface area contributed by atoms with E-state index in [9.17, 15) is 14.4 Å². The number of ether oxygens (including phenoxy) is 1. The quantitative estimate of drug-likeness (QED) is 0.324. The molecular formula is C19H13ClINO4S. The Morgan fingerprint density at radius 3 is 2.56 bits per heavy atom. The van der Waals surface area contributed by atoms with Crippen molar-refractivity contribution in [3.8, 4) is 5.75 Å². The van der Waals surface area contributed by atoms with Crippen molar-refractivity contribution >= 4 is 69.0 Å². The van der Waals surface area contributed by atoms with Crippen LogP contribution in [0.2, 0.25) is 5.02 Å². The van der Waals surface area contributed by atoms with Gasteiger partial charge in [0.15, 0.2) is 5.78 Å². The smallest absolute Gasteiger partial charge is 0.293 e. The highest BCUT2D eigenvalue weighted by molar-refractivity contribution is 14.1. The van der Waals surface area contributed by atoms with Gasteiger partial charge >= 0.3 is 0 Å². The van der Waals surface area contributed by atoms with Gasteiger partial charge in [-0.05, 0) is 82.4 Å². The van der Waals surface area contributed by atoms with E-state index in [1.165, 1.54) is 0 Å². The van der Waals surface area contributed by atoms with E-state index in [-0.39, 0.29) is 17.2 Å². The minimum Gasteiger partial charge on any atom is -0.496 e. The lowest BCUT2D eigenvalue weighted by atomic mass is 10.1. The monoisotopic (exact) mass is 513 g/mol. The van der Waals surface area contributed by atoms with Crippen molar-refractivity contribution in [2.45, 2.75) is 0 Å². The highest BCUT2D eigenvalue weighted by Gasteiger charge is 2.36. The van der Waals surface area contributed by atoms with Crippen LogP contribution in [-0.2, 0) is 4.79 Å². The van der Waals surface area contributed by atoms with Crippen molar-refractivity contribution in [2.75, 3.05) is 13.7 Å². The molecule has 0 aromatic heterocycles. The average molecular weight is 514 g/mol. The normalized spacial score (nSPS) is 15.5. The molecule has 2 amide bonds. The van der Waals surface area contributed by atoms with Crippen molar-refractivity contribution in [1.29, 1.82) is 0 Å². The molecular weight excluding hydrogens is 501 g/mol. The Kier molecular flexibility index (Phi) is 6.23. The SMILES string of the molecule is COc1ccc(/C=C2\SC(=O)N(CC(=O)c3ccc(Cl)cc3)C2=O)cc1I. The lowest BCUT2D eigenvalue weighted by Crippen LogP contribution is -2.33. The number of amides is 2. The fourth-order valence-corrected chi connectivity index (χ4v) is 4.15. The van der Waals surface area contributed by atoms with E-state index in [1.807, 2.05) is 6.07 Å². The highest BCUT2D eigenvalue weighted by atomic mass is 127. The lowest BCUT2D eigenvalue weighted by Gasteiger charge is -2.11. The van der Waals surface area contributed by atoms with Crippen LogP contribution in [0.4, 0.5) is 4.79 Å². The molecule has 2 aromatic rings. The van der Waals surface area contributed by atoms with Gasteiger partial charge in [-0.1, -0.05) is 17.7 Å². The van der Waals surface area contributed by atoms with Crippen LogP contribution in [0.5, 0.6) is 5.75 Å². The van der Waals surface area contributed by atoms with Crippen LogP contribution >= 0.6 is 46.0 Å². The Morgan fingerprint density at radius 1 is 1.22 bits per heavy atom. The maximum atomic E-state index is 12.6. The van der Waals surface area contributed by atoms with Crippen LogP contribution in [0, 0.1) is 3.57 Å². The minimum absolute atomic E-state index is 0.282. The van der Waals surface area contributed by atoms with Crippen molar-refractivity contribution in [1.82, 2.24) is 4.90 Å². The Balaban J connectivity index is 1.77. The van der Waals surface area contributed by atoms with Gasteiger partial charge in [0.2, 0.25) is 0 Å². The fraction of sp³-hybridized carbons (Fsp3) is 0.105. The van der Waals surface area contributed by atoms with E-state index in [2.05, 4.69) is 22.6 Å². The third-order valence-corrected chi connectivity index (χ3v) is 5.82. The molecule has 27 heavy (non-hydrogen) atoms. The molecule has 1 heterocycles. The van der Waals surface area contributed by atoms with E-state index in [4.69, 9.17) is 16.3 Å². The standard InChI is InChI=1S/C19H13ClINO4S/c1-26-16-7-2-11(8-14(16)21)9-17-18(24)22(19(25)27-17)10-15(23)12-3-5-13(20)6-4-12/h2-9H,10H2,1H3/b17-9-. The Labute approximate surface area is 178 Å². The molecule has 0 atom stereocenters. The van der Waals surface area contributed by atoms with Gasteiger partial charge in [0.25, 0.3) is 11.1 Å². The summed E-state index contributed by atoms with van der Waals surface area (Å²) in [6, 6.07) is 11.8. The number of methoxy groups -OCH3 is 1.